The van der Waals surface area contributed by atoms with E-state index in [1.54, 1.807) is 0 Å². The Morgan fingerprint density at radius 3 is 2.86 bits per heavy atom. The van der Waals surface area contributed by atoms with Gasteiger partial charge in [-0.1, -0.05) is 0 Å². The first-order valence-electron chi connectivity index (χ1n) is 7.21. The molecule has 0 aromatic heterocycles. The van der Waals surface area contributed by atoms with Gasteiger partial charge in [0.1, 0.15) is 11.5 Å². The number of hydrogen-bond acceptors (Lipinski definition) is 4. The lowest BCUT2D eigenvalue weighted by Crippen LogP contribution is -2.44. The van der Waals surface area contributed by atoms with E-state index in [2.05, 4.69) is 21.2 Å². The number of nitro groups is 1. The molecule has 2 atom stereocenters. The highest BCUT2D eigenvalue weighted by Crippen LogP contribution is 2.38. The summed E-state index contributed by atoms with van der Waals surface area (Å²) >= 11 is 3.03. The van der Waals surface area contributed by atoms with Gasteiger partial charge in [-0.15, -0.1) is 0 Å². The molecule has 21 heavy (non-hydrogen) atoms. The maximum Gasteiger partial charge on any atom is 0.293 e. The number of anilines is 1. The third-order valence-corrected chi connectivity index (χ3v) is 4.99. The number of rotatable bonds is 3. The standard InChI is InChI=1S/C14H17BrFN3O2/c15-9-7-14(19(20)21)13(8-10(9)16)18-6-2-4-12(18)11-3-1-5-17-11/h7-8,11-12,17H,1-6H2. The second-order valence-electron chi connectivity index (χ2n) is 5.62. The van der Waals surface area contributed by atoms with Gasteiger partial charge in [0.15, 0.2) is 0 Å². The Kier molecular flexibility index (Phi) is 4.12. The Morgan fingerprint density at radius 1 is 1.38 bits per heavy atom. The van der Waals surface area contributed by atoms with Gasteiger partial charge in [-0.25, -0.2) is 4.39 Å². The molecule has 2 aliphatic rings. The van der Waals surface area contributed by atoms with Crippen molar-refractivity contribution in [3.63, 3.8) is 0 Å². The molecule has 1 aromatic rings. The fourth-order valence-electron chi connectivity index (χ4n) is 3.45. The van der Waals surface area contributed by atoms with Crippen molar-refractivity contribution < 1.29 is 9.31 Å². The van der Waals surface area contributed by atoms with Crippen molar-refractivity contribution in [2.45, 2.75) is 37.8 Å². The van der Waals surface area contributed by atoms with Crippen molar-refractivity contribution in [2.24, 2.45) is 0 Å². The molecule has 114 valence electrons. The normalized spacial score (nSPS) is 25.5. The topological polar surface area (TPSA) is 58.4 Å². The lowest BCUT2D eigenvalue weighted by molar-refractivity contribution is -0.384. The van der Waals surface area contributed by atoms with E-state index in [1.807, 2.05) is 4.90 Å². The molecular weight excluding hydrogens is 341 g/mol. The molecule has 0 amide bonds. The van der Waals surface area contributed by atoms with Crippen molar-refractivity contribution >= 4 is 27.3 Å². The molecule has 3 rings (SSSR count). The molecule has 1 aromatic carbocycles. The van der Waals surface area contributed by atoms with E-state index >= 15 is 0 Å². The number of nitro benzene ring substituents is 1. The van der Waals surface area contributed by atoms with Gasteiger partial charge in [0, 0.05) is 30.8 Å². The van der Waals surface area contributed by atoms with Gasteiger partial charge in [-0.3, -0.25) is 10.1 Å². The van der Waals surface area contributed by atoms with Crippen LogP contribution in [0.2, 0.25) is 0 Å². The SMILES string of the molecule is O=[N+]([O-])c1cc(Br)c(F)cc1N1CCCC1C1CCCN1. The largest absolute Gasteiger partial charge is 0.361 e. The van der Waals surface area contributed by atoms with Crippen LogP contribution in [-0.2, 0) is 0 Å². The molecule has 7 heteroatoms. The molecule has 0 radical (unpaired) electrons. The predicted molar refractivity (Wildman–Crippen MR) is 82.1 cm³/mol. The molecule has 0 bridgehead atoms. The fourth-order valence-corrected chi connectivity index (χ4v) is 3.78. The van der Waals surface area contributed by atoms with Crippen LogP contribution in [0.15, 0.2) is 16.6 Å². The molecule has 2 fully saturated rings. The van der Waals surface area contributed by atoms with Crippen molar-refractivity contribution in [1.29, 1.82) is 0 Å². The minimum absolute atomic E-state index is 0.0341. The number of nitrogens with one attached hydrogen (secondary N) is 1. The highest BCUT2D eigenvalue weighted by molar-refractivity contribution is 9.10. The van der Waals surface area contributed by atoms with Gasteiger partial charge < -0.3 is 10.2 Å². The van der Waals surface area contributed by atoms with Crippen LogP contribution in [0.5, 0.6) is 0 Å². The second kappa shape index (κ2) is 5.88. The van der Waals surface area contributed by atoms with Gasteiger partial charge in [0.05, 0.1) is 9.40 Å². The minimum Gasteiger partial charge on any atom is -0.361 e. The lowest BCUT2D eigenvalue weighted by Gasteiger charge is -2.31. The van der Waals surface area contributed by atoms with Crippen LogP contribution < -0.4 is 10.2 Å². The van der Waals surface area contributed by atoms with Crippen LogP contribution in [0.1, 0.15) is 25.7 Å². The van der Waals surface area contributed by atoms with Crippen molar-refractivity contribution in [3.8, 4) is 0 Å². The highest BCUT2D eigenvalue weighted by atomic mass is 79.9. The zero-order chi connectivity index (χ0) is 15.0. The second-order valence-corrected chi connectivity index (χ2v) is 6.47. The summed E-state index contributed by atoms with van der Waals surface area (Å²) in [6.45, 7) is 1.73. The van der Waals surface area contributed by atoms with Gasteiger partial charge in [-0.2, -0.15) is 0 Å². The Hall–Kier alpha value is -1.21. The van der Waals surface area contributed by atoms with Crippen molar-refractivity contribution in [3.05, 3.63) is 32.5 Å². The number of nitrogens with zero attached hydrogens (tertiary/aromatic N) is 2. The van der Waals surface area contributed by atoms with Gasteiger partial charge in [0.2, 0.25) is 0 Å². The number of benzene rings is 1. The summed E-state index contributed by atoms with van der Waals surface area (Å²) in [5, 5.41) is 14.7. The van der Waals surface area contributed by atoms with Crippen LogP contribution in [0.4, 0.5) is 15.8 Å². The smallest absolute Gasteiger partial charge is 0.293 e. The molecule has 2 heterocycles. The van der Waals surface area contributed by atoms with Gasteiger partial charge in [0.25, 0.3) is 5.69 Å². The Morgan fingerprint density at radius 2 is 2.19 bits per heavy atom. The summed E-state index contributed by atoms with van der Waals surface area (Å²) in [7, 11) is 0. The maximum atomic E-state index is 13.9. The molecular formula is C14H17BrFN3O2. The van der Waals surface area contributed by atoms with E-state index in [0.717, 1.165) is 38.8 Å². The van der Waals surface area contributed by atoms with Crippen LogP contribution in [0, 0.1) is 15.9 Å². The molecule has 0 spiro atoms. The first-order chi connectivity index (χ1) is 10.1. The van der Waals surface area contributed by atoms with E-state index in [-0.39, 0.29) is 16.2 Å². The maximum absolute atomic E-state index is 13.9. The average Bonchev–Trinajstić information content (AvgIpc) is 3.09. The first kappa shape index (κ1) is 14.7. The molecule has 2 unspecified atom stereocenters. The zero-order valence-corrected chi connectivity index (χ0v) is 13.1. The fraction of sp³-hybridized carbons (Fsp3) is 0.571. The highest BCUT2D eigenvalue weighted by Gasteiger charge is 2.36. The Labute approximate surface area is 130 Å². The molecule has 5 nitrogen and oxygen atoms in total. The molecule has 0 aliphatic carbocycles. The van der Waals surface area contributed by atoms with Crippen molar-refractivity contribution in [2.75, 3.05) is 18.0 Å². The van der Waals surface area contributed by atoms with E-state index in [0.29, 0.717) is 11.7 Å². The molecule has 0 saturated carbocycles. The number of hydrogen-bond donors (Lipinski definition) is 1. The summed E-state index contributed by atoms with van der Waals surface area (Å²) in [4.78, 5) is 12.9. The van der Waals surface area contributed by atoms with E-state index in [4.69, 9.17) is 0 Å². The predicted octanol–water partition coefficient (Wildman–Crippen LogP) is 3.22. The summed E-state index contributed by atoms with van der Waals surface area (Å²) in [5.41, 5.74) is 0.366. The zero-order valence-electron chi connectivity index (χ0n) is 11.5. The molecule has 2 saturated heterocycles. The quantitative estimate of drug-likeness (QED) is 0.666. The van der Waals surface area contributed by atoms with Gasteiger partial charge in [-0.05, 0) is 48.2 Å². The third kappa shape index (κ3) is 2.76. The van der Waals surface area contributed by atoms with Crippen LogP contribution >= 0.6 is 15.9 Å². The first-order valence-corrected chi connectivity index (χ1v) is 8.00. The van der Waals surface area contributed by atoms with Gasteiger partial charge >= 0.3 is 0 Å². The summed E-state index contributed by atoms with van der Waals surface area (Å²) in [5.74, 6) is -0.458. The van der Waals surface area contributed by atoms with Crippen molar-refractivity contribution in [1.82, 2.24) is 5.32 Å². The summed E-state index contributed by atoms with van der Waals surface area (Å²) in [6.07, 6.45) is 4.18. The monoisotopic (exact) mass is 357 g/mol. The van der Waals surface area contributed by atoms with Crippen LogP contribution in [0.3, 0.4) is 0 Å². The van der Waals surface area contributed by atoms with Crippen LogP contribution in [-0.4, -0.2) is 30.1 Å². The van der Waals surface area contributed by atoms with Crippen LogP contribution in [0.25, 0.3) is 0 Å². The summed E-state index contributed by atoms with van der Waals surface area (Å²) < 4.78 is 14.0. The lowest BCUT2D eigenvalue weighted by atomic mass is 10.0. The Balaban J connectivity index is 1.98. The average molecular weight is 358 g/mol. The minimum atomic E-state index is -0.458. The van der Waals surface area contributed by atoms with E-state index in [1.165, 1.54) is 12.1 Å². The van der Waals surface area contributed by atoms with E-state index < -0.39 is 10.7 Å². The summed E-state index contributed by atoms with van der Waals surface area (Å²) in [6, 6.07) is 3.11. The third-order valence-electron chi connectivity index (χ3n) is 4.39. The number of halogens is 2. The van der Waals surface area contributed by atoms with E-state index in [9.17, 15) is 14.5 Å². The molecule has 1 N–H and O–H groups in total. The molecule has 2 aliphatic heterocycles. The Bertz CT molecular complexity index is 563.